The molecule has 1 heterocycles. The quantitative estimate of drug-likeness (QED) is 0.648. The lowest BCUT2D eigenvalue weighted by atomic mass is 10.1. The number of hydrogen-bond donors (Lipinski definition) is 2. The van der Waals surface area contributed by atoms with E-state index in [2.05, 4.69) is 4.98 Å². The van der Waals surface area contributed by atoms with Crippen molar-refractivity contribution < 1.29 is 14.7 Å². The highest BCUT2D eigenvalue weighted by atomic mass is 16.4. The van der Waals surface area contributed by atoms with E-state index < -0.39 is 5.97 Å². The third-order valence-electron chi connectivity index (χ3n) is 1.49. The van der Waals surface area contributed by atoms with Crippen LogP contribution in [0.2, 0.25) is 0 Å². The molecule has 1 aromatic rings. The van der Waals surface area contributed by atoms with Gasteiger partial charge in [-0.3, -0.25) is 4.79 Å². The van der Waals surface area contributed by atoms with Crippen LogP contribution in [0.5, 0.6) is 0 Å². The first kappa shape index (κ1) is 9.18. The minimum atomic E-state index is -1.23. The maximum absolute atomic E-state index is 11.0. The van der Waals surface area contributed by atoms with Gasteiger partial charge in [-0.15, -0.1) is 0 Å². The second-order valence-electron chi connectivity index (χ2n) is 2.53. The zero-order valence-corrected chi connectivity index (χ0v) is 6.94. The van der Waals surface area contributed by atoms with Crippen molar-refractivity contribution in [2.75, 3.05) is 5.73 Å². The number of ketones is 1. The van der Waals surface area contributed by atoms with Gasteiger partial charge in [-0.25, -0.2) is 9.78 Å². The number of carbonyl (C=O) groups is 2. The fraction of sp³-hybridized carbons (Fsp3) is 0.125. The lowest BCUT2D eigenvalue weighted by Gasteiger charge is -2.01. The van der Waals surface area contributed by atoms with E-state index in [1.165, 1.54) is 19.2 Å². The predicted octanol–water partition coefficient (Wildman–Crippen LogP) is 0.565. The highest BCUT2D eigenvalue weighted by Crippen LogP contribution is 2.10. The molecule has 0 spiro atoms. The molecular formula is C8H8N2O3. The third-order valence-corrected chi connectivity index (χ3v) is 1.49. The topological polar surface area (TPSA) is 93.3 Å². The summed E-state index contributed by atoms with van der Waals surface area (Å²) in [6.45, 7) is 1.27. The van der Waals surface area contributed by atoms with E-state index in [1.807, 2.05) is 0 Å². The summed E-state index contributed by atoms with van der Waals surface area (Å²) in [5.41, 5.74) is 5.40. The molecule has 0 aromatic carbocycles. The number of Topliss-reactive ketones (excluding diaryl/α,β-unsaturated/α-hetero) is 1. The van der Waals surface area contributed by atoms with Gasteiger partial charge in [0, 0.05) is 0 Å². The Hall–Kier alpha value is -1.91. The van der Waals surface area contributed by atoms with Gasteiger partial charge >= 0.3 is 5.97 Å². The number of pyridine rings is 1. The van der Waals surface area contributed by atoms with Crippen LogP contribution in [0.25, 0.3) is 0 Å². The van der Waals surface area contributed by atoms with Crippen molar-refractivity contribution in [3.05, 3.63) is 23.5 Å². The van der Waals surface area contributed by atoms with E-state index in [9.17, 15) is 9.59 Å². The van der Waals surface area contributed by atoms with Crippen molar-refractivity contribution in [2.45, 2.75) is 6.92 Å². The zero-order chi connectivity index (χ0) is 10.0. The van der Waals surface area contributed by atoms with Crippen LogP contribution < -0.4 is 5.73 Å². The number of rotatable bonds is 2. The Labute approximate surface area is 74.2 Å². The first-order valence-electron chi connectivity index (χ1n) is 3.52. The second kappa shape index (κ2) is 3.22. The van der Waals surface area contributed by atoms with E-state index in [1.54, 1.807) is 0 Å². The molecule has 0 aliphatic heterocycles. The number of carboxylic acid groups (broad SMARTS) is 1. The lowest BCUT2D eigenvalue weighted by molar-refractivity contribution is 0.0685. The van der Waals surface area contributed by atoms with Crippen molar-refractivity contribution in [3.8, 4) is 0 Å². The molecular weight excluding hydrogens is 172 g/mol. The molecule has 0 amide bonds. The summed E-state index contributed by atoms with van der Waals surface area (Å²) in [7, 11) is 0. The van der Waals surface area contributed by atoms with Crippen LogP contribution in [0, 0.1) is 0 Å². The molecule has 0 bridgehead atoms. The van der Waals surface area contributed by atoms with Gasteiger partial charge in [-0.1, -0.05) is 0 Å². The maximum atomic E-state index is 11.0. The van der Waals surface area contributed by atoms with Gasteiger partial charge in [0.05, 0.1) is 17.4 Å². The van der Waals surface area contributed by atoms with E-state index in [0.29, 0.717) is 0 Å². The summed E-state index contributed by atoms with van der Waals surface area (Å²) in [5, 5.41) is 8.65. The van der Waals surface area contributed by atoms with Crippen LogP contribution in [-0.4, -0.2) is 21.8 Å². The lowest BCUT2D eigenvalue weighted by Crippen LogP contribution is -2.09. The van der Waals surface area contributed by atoms with Gasteiger partial charge in [0.25, 0.3) is 0 Å². The summed E-state index contributed by atoms with van der Waals surface area (Å²) >= 11 is 0. The van der Waals surface area contributed by atoms with Gasteiger partial charge in [0.15, 0.2) is 11.5 Å². The highest BCUT2D eigenvalue weighted by Gasteiger charge is 2.14. The summed E-state index contributed by atoms with van der Waals surface area (Å²) in [6, 6.07) is 1.30. The van der Waals surface area contributed by atoms with Crippen LogP contribution >= 0.6 is 0 Å². The molecule has 0 saturated heterocycles. The molecule has 0 fully saturated rings. The summed E-state index contributed by atoms with van der Waals surface area (Å²) in [4.78, 5) is 25.1. The van der Waals surface area contributed by atoms with Crippen molar-refractivity contribution in [1.29, 1.82) is 0 Å². The SMILES string of the molecule is CC(=O)c1cc(N)cnc1C(=O)O. The Bertz CT molecular complexity index is 374. The fourth-order valence-electron chi connectivity index (χ4n) is 0.920. The first-order chi connectivity index (χ1) is 6.02. The molecule has 1 rings (SSSR count). The van der Waals surface area contributed by atoms with Gasteiger partial charge < -0.3 is 10.8 Å². The summed E-state index contributed by atoms with van der Waals surface area (Å²) in [5.74, 6) is -1.59. The normalized spacial score (nSPS) is 9.62. The largest absolute Gasteiger partial charge is 0.476 e. The third kappa shape index (κ3) is 1.81. The van der Waals surface area contributed by atoms with E-state index in [-0.39, 0.29) is 22.7 Å². The maximum Gasteiger partial charge on any atom is 0.355 e. The molecule has 1 aromatic heterocycles. The number of aromatic nitrogens is 1. The minimum absolute atomic E-state index is 0.0347. The Morgan fingerprint density at radius 2 is 2.15 bits per heavy atom. The molecule has 0 aliphatic rings. The summed E-state index contributed by atoms with van der Waals surface area (Å²) < 4.78 is 0. The van der Waals surface area contributed by atoms with Crippen LogP contribution in [0.3, 0.4) is 0 Å². The average molecular weight is 180 g/mol. The average Bonchev–Trinajstić information content (AvgIpc) is 2.03. The number of aromatic carboxylic acids is 1. The minimum Gasteiger partial charge on any atom is -0.476 e. The van der Waals surface area contributed by atoms with Crippen LogP contribution in [0.1, 0.15) is 27.8 Å². The number of carboxylic acids is 1. The Balaban J connectivity index is 3.35. The predicted molar refractivity (Wildman–Crippen MR) is 45.6 cm³/mol. The van der Waals surface area contributed by atoms with Gasteiger partial charge in [0.1, 0.15) is 0 Å². The zero-order valence-electron chi connectivity index (χ0n) is 6.94. The molecule has 13 heavy (non-hydrogen) atoms. The standard InChI is InChI=1S/C8H8N2O3/c1-4(11)6-2-5(9)3-10-7(6)8(12)13/h2-3H,9H2,1H3,(H,12,13). The smallest absolute Gasteiger partial charge is 0.355 e. The van der Waals surface area contributed by atoms with E-state index in [4.69, 9.17) is 10.8 Å². The number of hydrogen-bond acceptors (Lipinski definition) is 4. The monoisotopic (exact) mass is 180 g/mol. The number of anilines is 1. The molecule has 0 unspecified atom stereocenters. The summed E-state index contributed by atoms with van der Waals surface area (Å²) in [6.07, 6.45) is 1.20. The van der Waals surface area contributed by atoms with Crippen molar-refractivity contribution in [2.24, 2.45) is 0 Å². The Kier molecular flexibility index (Phi) is 2.27. The van der Waals surface area contributed by atoms with Crippen LogP contribution in [0.15, 0.2) is 12.3 Å². The highest BCUT2D eigenvalue weighted by molar-refractivity contribution is 6.04. The molecule has 0 saturated carbocycles. The number of nitrogen functional groups attached to an aromatic ring is 1. The molecule has 0 atom stereocenters. The fourth-order valence-corrected chi connectivity index (χ4v) is 0.920. The number of nitrogens with two attached hydrogens (primary N) is 1. The molecule has 0 aliphatic carbocycles. The molecule has 3 N–H and O–H groups in total. The van der Waals surface area contributed by atoms with Crippen molar-refractivity contribution >= 4 is 17.4 Å². The van der Waals surface area contributed by atoms with E-state index >= 15 is 0 Å². The molecule has 5 heteroatoms. The number of carbonyl (C=O) groups excluding carboxylic acids is 1. The first-order valence-corrected chi connectivity index (χ1v) is 3.52. The number of nitrogens with zero attached hydrogens (tertiary/aromatic N) is 1. The Morgan fingerprint density at radius 1 is 1.54 bits per heavy atom. The van der Waals surface area contributed by atoms with Crippen LogP contribution in [0.4, 0.5) is 5.69 Å². The Morgan fingerprint density at radius 3 is 2.62 bits per heavy atom. The molecule has 68 valence electrons. The van der Waals surface area contributed by atoms with Gasteiger partial charge in [0.2, 0.25) is 0 Å². The molecule has 0 radical (unpaired) electrons. The second-order valence-corrected chi connectivity index (χ2v) is 2.53. The van der Waals surface area contributed by atoms with Gasteiger partial charge in [-0.05, 0) is 13.0 Å². The van der Waals surface area contributed by atoms with Crippen molar-refractivity contribution in [3.63, 3.8) is 0 Å². The van der Waals surface area contributed by atoms with E-state index in [0.717, 1.165) is 0 Å². The van der Waals surface area contributed by atoms with Crippen molar-refractivity contribution in [1.82, 2.24) is 4.98 Å². The van der Waals surface area contributed by atoms with Crippen LogP contribution in [-0.2, 0) is 0 Å². The molecule has 5 nitrogen and oxygen atoms in total. The van der Waals surface area contributed by atoms with Gasteiger partial charge in [-0.2, -0.15) is 0 Å².